The molecule has 0 bridgehead atoms. The van der Waals surface area contributed by atoms with Crippen LogP contribution in [0.4, 0.5) is 5.69 Å². The molecule has 3 saturated heterocycles. The second kappa shape index (κ2) is 8.62. The van der Waals surface area contributed by atoms with Gasteiger partial charge in [0.15, 0.2) is 0 Å². The van der Waals surface area contributed by atoms with E-state index < -0.39 is 10.0 Å². The predicted molar refractivity (Wildman–Crippen MR) is 114 cm³/mol. The zero-order valence-corrected chi connectivity index (χ0v) is 18.2. The first kappa shape index (κ1) is 20.6. The second-order valence-electron chi connectivity index (χ2n) is 8.43. The Kier molecular flexibility index (Phi) is 6.13. The molecule has 0 radical (unpaired) electrons. The van der Waals surface area contributed by atoms with Crippen LogP contribution >= 0.6 is 0 Å². The number of hydrogen-bond acceptors (Lipinski definition) is 5. The van der Waals surface area contributed by atoms with Gasteiger partial charge in [-0.15, -0.1) is 0 Å². The number of hydrogen-bond donors (Lipinski definition) is 0. The van der Waals surface area contributed by atoms with Crippen LogP contribution in [0.1, 0.15) is 42.5 Å². The van der Waals surface area contributed by atoms with Gasteiger partial charge in [-0.1, -0.05) is 6.42 Å². The molecule has 1 aromatic carbocycles. The van der Waals surface area contributed by atoms with Gasteiger partial charge < -0.3 is 14.7 Å². The summed E-state index contributed by atoms with van der Waals surface area (Å²) in [5, 5.41) is 0. The van der Waals surface area contributed by atoms with Gasteiger partial charge in [0.25, 0.3) is 5.91 Å². The lowest BCUT2D eigenvalue weighted by Gasteiger charge is -2.33. The third kappa shape index (κ3) is 4.29. The van der Waals surface area contributed by atoms with E-state index in [9.17, 15) is 13.2 Å². The van der Waals surface area contributed by atoms with E-state index >= 15 is 0 Å². The summed E-state index contributed by atoms with van der Waals surface area (Å²) in [6.45, 7) is 6.02. The summed E-state index contributed by atoms with van der Waals surface area (Å²) >= 11 is 0. The topological polar surface area (TPSA) is 64.2 Å². The van der Waals surface area contributed by atoms with Gasteiger partial charge in [-0.2, -0.15) is 4.31 Å². The first-order valence-electron chi connectivity index (χ1n) is 10.8. The second-order valence-corrected chi connectivity index (χ2v) is 10.4. The Hall–Kier alpha value is -1.64. The van der Waals surface area contributed by atoms with Crippen LogP contribution in [0, 0.1) is 0 Å². The molecule has 0 spiro atoms. The average molecular weight is 421 g/mol. The number of piperazine rings is 1. The molecule has 8 heteroatoms. The molecule has 1 aromatic rings. The molecule has 0 atom stereocenters. The van der Waals surface area contributed by atoms with Crippen LogP contribution in [0.2, 0.25) is 0 Å². The number of carbonyl (C=O) groups is 1. The van der Waals surface area contributed by atoms with Crippen molar-refractivity contribution in [3.05, 3.63) is 23.8 Å². The SMILES string of the molecule is CN1CCN(C(=O)c2cc(S(=O)(=O)N3CCCCC3)ccc2N2CCCC2)CC1. The molecule has 160 valence electrons. The summed E-state index contributed by atoms with van der Waals surface area (Å²) in [6.07, 6.45) is 5.09. The van der Waals surface area contributed by atoms with Crippen molar-refractivity contribution in [2.45, 2.75) is 37.0 Å². The van der Waals surface area contributed by atoms with Crippen molar-refractivity contribution >= 4 is 21.6 Å². The number of rotatable bonds is 4. The molecule has 7 nitrogen and oxygen atoms in total. The highest BCUT2D eigenvalue weighted by Crippen LogP contribution is 2.30. The molecule has 0 aliphatic carbocycles. The summed E-state index contributed by atoms with van der Waals surface area (Å²) in [6, 6.07) is 5.18. The summed E-state index contributed by atoms with van der Waals surface area (Å²) in [4.78, 5) is 20.0. The average Bonchev–Trinajstić information content (AvgIpc) is 3.29. The molecule has 0 aromatic heterocycles. The third-order valence-corrected chi connectivity index (χ3v) is 8.28. The summed E-state index contributed by atoms with van der Waals surface area (Å²) in [5.41, 5.74) is 1.42. The van der Waals surface area contributed by atoms with E-state index in [-0.39, 0.29) is 10.8 Å². The highest BCUT2D eigenvalue weighted by molar-refractivity contribution is 7.89. The van der Waals surface area contributed by atoms with Crippen LogP contribution < -0.4 is 4.90 Å². The molecule has 3 fully saturated rings. The van der Waals surface area contributed by atoms with Gasteiger partial charge in [-0.3, -0.25) is 4.79 Å². The molecular weight excluding hydrogens is 388 g/mol. The van der Waals surface area contributed by atoms with E-state index in [1.165, 1.54) is 0 Å². The first-order chi connectivity index (χ1) is 14.0. The minimum atomic E-state index is -3.56. The predicted octanol–water partition coefficient (Wildman–Crippen LogP) is 1.85. The number of nitrogens with zero attached hydrogens (tertiary/aromatic N) is 4. The van der Waals surface area contributed by atoms with Crippen LogP contribution in [0.3, 0.4) is 0 Å². The highest BCUT2D eigenvalue weighted by Gasteiger charge is 2.30. The van der Waals surface area contributed by atoms with Crippen molar-refractivity contribution in [2.75, 3.05) is 64.3 Å². The quantitative estimate of drug-likeness (QED) is 0.744. The minimum absolute atomic E-state index is 0.0457. The number of sulfonamides is 1. The van der Waals surface area contributed by atoms with E-state index in [2.05, 4.69) is 16.8 Å². The number of carbonyl (C=O) groups excluding carboxylic acids is 1. The maximum absolute atomic E-state index is 13.4. The smallest absolute Gasteiger partial charge is 0.256 e. The molecule has 0 saturated carbocycles. The lowest BCUT2D eigenvalue weighted by Crippen LogP contribution is -2.47. The van der Waals surface area contributed by atoms with Crippen LogP contribution in [-0.2, 0) is 10.0 Å². The third-order valence-electron chi connectivity index (χ3n) is 6.39. The van der Waals surface area contributed by atoms with Crippen LogP contribution in [0.25, 0.3) is 0 Å². The van der Waals surface area contributed by atoms with Gasteiger partial charge >= 0.3 is 0 Å². The summed E-state index contributed by atoms with van der Waals surface area (Å²) in [7, 11) is -1.50. The molecule has 1 amide bonds. The zero-order valence-electron chi connectivity index (χ0n) is 17.3. The highest BCUT2D eigenvalue weighted by atomic mass is 32.2. The van der Waals surface area contributed by atoms with Gasteiger partial charge in [-0.05, 0) is 50.9 Å². The first-order valence-corrected chi connectivity index (χ1v) is 12.3. The van der Waals surface area contributed by atoms with Crippen molar-refractivity contribution in [1.82, 2.24) is 14.1 Å². The molecule has 3 aliphatic rings. The van der Waals surface area contributed by atoms with Gasteiger partial charge in [0, 0.05) is 58.0 Å². The minimum Gasteiger partial charge on any atom is -0.371 e. The van der Waals surface area contributed by atoms with Gasteiger partial charge in [-0.25, -0.2) is 8.42 Å². The maximum Gasteiger partial charge on any atom is 0.256 e. The molecule has 3 heterocycles. The molecule has 29 heavy (non-hydrogen) atoms. The molecule has 4 rings (SSSR count). The number of amides is 1. The van der Waals surface area contributed by atoms with E-state index in [1.807, 2.05) is 11.0 Å². The Labute approximate surface area is 174 Å². The number of benzene rings is 1. The van der Waals surface area contributed by atoms with E-state index in [4.69, 9.17) is 0 Å². The molecule has 3 aliphatic heterocycles. The number of piperidine rings is 1. The van der Waals surface area contributed by atoms with Crippen LogP contribution in [0.5, 0.6) is 0 Å². The largest absolute Gasteiger partial charge is 0.371 e. The number of likely N-dealkylation sites (N-methyl/N-ethyl adjacent to an activating group) is 1. The Morgan fingerprint density at radius 2 is 1.45 bits per heavy atom. The Bertz CT molecular complexity index is 837. The zero-order chi connectivity index (χ0) is 20.4. The van der Waals surface area contributed by atoms with Crippen LogP contribution in [0.15, 0.2) is 23.1 Å². The Morgan fingerprint density at radius 3 is 2.10 bits per heavy atom. The summed E-state index contributed by atoms with van der Waals surface area (Å²) < 4.78 is 28.0. The van der Waals surface area contributed by atoms with Crippen molar-refractivity contribution in [3.8, 4) is 0 Å². The van der Waals surface area contributed by atoms with Gasteiger partial charge in [0.05, 0.1) is 10.5 Å². The Balaban J connectivity index is 1.68. The fraction of sp³-hybridized carbons (Fsp3) is 0.667. The Morgan fingerprint density at radius 1 is 0.828 bits per heavy atom. The number of anilines is 1. The van der Waals surface area contributed by atoms with Gasteiger partial charge in [0.2, 0.25) is 10.0 Å². The molecule has 0 N–H and O–H groups in total. The van der Waals surface area contributed by atoms with Crippen molar-refractivity contribution in [3.63, 3.8) is 0 Å². The van der Waals surface area contributed by atoms with Crippen LogP contribution in [-0.4, -0.2) is 87.8 Å². The normalized spacial score (nSPS) is 22.2. The van der Waals surface area contributed by atoms with E-state index in [1.54, 1.807) is 16.4 Å². The fourth-order valence-electron chi connectivity index (χ4n) is 4.51. The van der Waals surface area contributed by atoms with Crippen molar-refractivity contribution < 1.29 is 13.2 Å². The maximum atomic E-state index is 13.4. The van der Waals surface area contributed by atoms with Gasteiger partial charge in [0.1, 0.15) is 0 Å². The lowest BCUT2D eigenvalue weighted by molar-refractivity contribution is 0.0664. The van der Waals surface area contributed by atoms with Crippen molar-refractivity contribution in [2.24, 2.45) is 0 Å². The van der Waals surface area contributed by atoms with Crippen molar-refractivity contribution in [1.29, 1.82) is 0 Å². The van der Waals surface area contributed by atoms with E-state index in [0.717, 1.165) is 64.0 Å². The lowest BCUT2D eigenvalue weighted by atomic mass is 10.1. The summed E-state index contributed by atoms with van der Waals surface area (Å²) in [5.74, 6) is -0.0457. The molecule has 0 unspecified atom stereocenters. The molecular formula is C21H32N4O3S. The standard InChI is InChI=1S/C21H32N4O3S/c1-22-13-15-24(16-14-22)21(26)19-17-18(7-8-20(19)23-9-5-6-10-23)29(27,28)25-11-3-2-4-12-25/h7-8,17H,2-6,9-16H2,1H3. The van der Waals surface area contributed by atoms with E-state index in [0.29, 0.717) is 31.7 Å². The fourth-order valence-corrected chi connectivity index (χ4v) is 6.06. The monoisotopic (exact) mass is 420 g/mol.